The lowest BCUT2D eigenvalue weighted by Gasteiger charge is -2.04. The molecule has 0 aliphatic heterocycles. The van der Waals surface area contributed by atoms with Crippen LogP contribution in [0.3, 0.4) is 0 Å². The summed E-state index contributed by atoms with van der Waals surface area (Å²) < 4.78 is 13.6. The molecule has 0 amide bonds. The number of hydrogen-bond donors (Lipinski definition) is 0. The van der Waals surface area contributed by atoms with Gasteiger partial charge in [0.1, 0.15) is 11.6 Å². The molecule has 5 heteroatoms. The first-order valence-corrected chi connectivity index (χ1v) is 5.90. The molecule has 0 unspecified atom stereocenters. The molecule has 0 saturated carbocycles. The number of aromatic nitrogens is 2. The van der Waals surface area contributed by atoms with E-state index >= 15 is 0 Å². The molecule has 0 atom stereocenters. The molecule has 17 heavy (non-hydrogen) atoms. The van der Waals surface area contributed by atoms with Gasteiger partial charge in [-0.25, -0.2) is 14.4 Å². The van der Waals surface area contributed by atoms with Gasteiger partial charge in [0.05, 0.1) is 10.9 Å². The van der Waals surface area contributed by atoms with Gasteiger partial charge >= 0.3 is 0 Å². The number of nitrogens with zero attached hydrogens (tertiary/aromatic N) is 2. The zero-order valence-electron chi connectivity index (χ0n) is 8.83. The van der Waals surface area contributed by atoms with E-state index in [4.69, 9.17) is 23.2 Å². The zero-order valence-corrected chi connectivity index (χ0v) is 10.3. The van der Waals surface area contributed by atoms with Crippen LogP contribution in [0, 0.1) is 5.82 Å². The summed E-state index contributed by atoms with van der Waals surface area (Å²) in [6.45, 7) is 0. The van der Waals surface area contributed by atoms with Crippen LogP contribution in [0.15, 0.2) is 30.6 Å². The first-order chi connectivity index (χ1) is 8.20. The first kappa shape index (κ1) is 12.3. The quantitative estimate of drug-likeness (QED) is 0.797. The van der Waals surface area contributed by atoms with Gasteiger partial charge in [0.25, 0.3) is 0 Å². The Morgan fingerprint density at radius 1 is 1.18 bits per heavy atom. The SMILES string of the molecule is Fc1c(Cl)cccc1Cc1ncc(CCl)cn1. The van der Waals surface area contributed by atoms with E-state index in [1.165, 1.54) is 6.07 Å². The summed E-state index contributed by atoms with van der Waals surface area (Å²) in [4.78, 5) is 8.22. The van der Waals surface area contributed by atoms with Crippen molar-refractivity contribution >= 4 is 23.2 Å². The minimum Gasteiger partial charge on any atom is -0.241 e. The van der Waals surface area contributed by atoms with Crippen LogP contribution >= 0.6 is 23.2 Å². The van der Waals surface area contributed by atoms with Crippen LogP contribution in [0.2, 0.25) is 5.02 Å². The van der Waals surface area contributed by atoms with Crippen LogP contribution in [-0.4, -0.2) is 9.97 Å². The molecule has 2 nitrogen and oxygen atoms in total. The monoisotopic (exact) mass is 270 g/mol. The van der Waals surface area contributed by atoms with Crippen molar-refractivity contribution in [1.29, 1.82) is 0 Å². The highest BCUT2D eigenvalue weighted by molar-refractivity contribution is 6.30. The maximum absolute atomic E-state index is 13.6. The van der Waals surface area contributed by atoms with Gasteiger partial charge in [0.15, 0.2) is 0 Å². The lowest BCUT2D eigenvalue weighted by Crippen LogP contribution is -1.99. The van der Waals surface area contributed by atoms with Gasteiger partial charge in [-0.15, -0.1) is 11.6 Å². The molecule has 0 saturated heterocycles. The normalized spacial score (nSPS) is 10.5. The average Bonchev–Trinajstić information content (AvgIpc) is 2.36. The van der Waals surface area contributed by atoms with Gasteiger partial charge in [-0.3, -0.25) is 0 Å². The molecule has 0 N–H and O–H groups in total. The summed E-state index contributed by atoms with van der Waals surface area (Å²) in [6.07, 6.45) is 3.59. The molecule has 0 bridgehead atoms. The number of benzene rings is 1. The lowest BCUT2D eigenvalue weighted by atomic mass is 10.1. The van der Waals surface area contributed by atoms with Crippen molar-refractivity contribution in [1.82, 2.24) is 9.97 Å². The number of rotatable bonds is 3. The predicted molar refractivity (Wildman–Crippen MR) is 65.8 cm³/mol. The van der Waals surface area contributed by atoms with Crippen molar-refractivity contribution in [2.24, 2.45) is 0 Å². The number of halogens is 3. The van der Waals surface area contributed by atoms with E-state index in [1.54, 1.807) is 24.5 Å². The van der Waals surface area contributed by atoms with Crippen LogP contribution in [0.5, 0.6) is 0 Å². The zero-order chi connectivity index (χ0) is 12.3. The Kier molecular flexibility index (Phi) is 3.92. The van der Waals surface area contributed by atoms with Crippen LogP contribution < -0.4 is 0 Å². The van der Waals surface area contributed by atoms with Crippen molar-refractivity contribution < 1.29 is 4.39 Å². The Morgan fingerprint density at radius 3 is 2.53 bits per heavy atom. The molecule has 0 radical (unpaired) electrons. The molecule has 1 heterocycles. The Bertz CT molecular complexity index is 514. The molecular weight excluding hydrogens is 262 g/mol. The van der Waals surface area contributed by atoms with E-state index in [0.717, 1.165) is 5.56 Å². The smallest absolute Gasteiger partial charge is 0.145 e. The van der Waals surface area contributed by atoms with Crippen LogP contribution in [0.25, 0.3) is 0 Å². The highest BCUT2D eigenvalue weighted by atomic mass is 35.5. The maximum atomic E-state index is 13.6. The Labute approximate surface area is 108 Å². The van der Waals surface area contributed by atoms with E-state index in [9.17, 15) is 4.39 Å². The van der Waals surface area contributed by atoms with Crippen molar-refractivity contribution in [3.63, 3.8) is 0 Å². The minimum absolute atomic E-state index is 0.111. The molecule has 88 valence electrons. The molecule has 0 aliphatic rings. The molecule has 2 rings (SSSR count). The van der Waals surface area contributed by atoms with E-state index in [0.29, 0.717) is 23.7 Å². The summed E-state index contributed by atoms with van der Waals surface area (Å²) in [5.41, 5.74) is 1.32. The summed E-state index contributed by atoms with van der Waals surface area (Å²) in [5, 5.41) is 0.111. The molecule has 0 spiro atoms. The van der Waals surface area contributed by atoms with Crippen molar-refractivity contribution in [3.05, 3.63) is 58.4 Å². The third-order valence-electron chi connectivity index (χ3n) is 2.29. The van der Waals surface area contributed by atoms with Gasteiger partial charge in [-0.05, 0) is 11.6 Å². The summed E-state index contributed by atoms with van der Waals surface area (Å²) in [7, 11) is 0. The molecule has 0 aliphatic carbocycles. The maximum Gasteiger partial charge on any atom is 0.145 e. The Balaban J connectivity index is 2.22. The van der Waals surface area contributed by atoms with Gasteiger partial charge < -0.3 is 0 Å². The minimum atomic E-state index is -0.417. The second kappa shape index (κ2) is 5.43. The Hall–Kier alpha value is -1.19. The fraction of sp³-hybridized carbons (Fsp3) is 0.167. The van der Waals surface area contributed by atoms with E-state index in [-0.39, 0.29) is 5.02 Å². The highest BCUT2D eigenvalue weighted by Gasteiger charge is 2.08. The van der Waals surface area contributed by atoms with Gasteiger partial charge in [0, 0.05) is 24.4 Å². The highest BCUT2D eigenvalue weighted by Crippen LogP contribution is 2.19. The average molecular weight is 271 g/mol. The third-order valence-corrected chi connectivity index (χ3v) is 2.89. The third kappa shape index (κ3) is 2.93. The predicted octanol–water partition coefficient (Wildman–Crippen LogP) is 3.60. The largest absolute Gasteiger partial charge is 0.241 e. The summed E-state index contributed by atoms with van der Waals surface area (Å²) in [6, 6.07) is 4.88. The van der Waals surface area contributed by atoms with Crippen molar-refractivity contribution in [2.75, 3.05) is 0 Å². The van der Waals surface area contributed by atoms with Crippen molar-refractivity contribution in [3.8, 4) is 0 Å². The first-order valence-electron chi connectivity index (χ1n) is 4.99. The molecule has 1 aromatic carbocycles. The number of alkyl halides is 1. The van der Waals surface area contributed by atoms with Crippen LogP contribution in [0.4, 0.5) is 4.39 Å². The fourth-order valence-electron chi connectivity index (χ4n) is 1.40. The van der Waals surface area contributed by atoms with E-state index < -0.39 is 5.82 Å². The fourth-order valence-corrected chi connectivity index (χ4v) is 1.73. The number of hydrogen-bond acceptors (Lipinski definition) is 2. The molecule has 2 aromatic rings. The second-order valence-electron chi connectivity index (χ2n) is 3.53. The summed E-state index contributed by atoms with van der Waals surface area (Å²) >= 11 is 11.3. The molecule has 1 aromatic heterocycles. The van der Waals surface area contributed by atoms with Gasteiger partial charge in [-0.1, -0.05) is 23.7 Å². The molecular formula is C12H9Cl2FN2. The van der Waals surface area contributed by atoms with Crippen LogP contribution in [0.1, 0.15) is 17.0 Å². The topological polar surface area (TPSA) is 25.8 Å². The van der Waals surface area contributed by atoms with Gasteiger partial charge in [-0.2, -0.15) is 0 Å². The van der Waals surface area contributed by atoms with E-state index in [2.05, 4.69) is 9.97 Å². The standard InChI is InChI=1S/C12H9Cl2FN2/c13-5-8-6-16-11(17-7-8)4-9-2-1-3-10(14)12(9)15/h1-3,6-7H,4-5H2. The summed E-state index contributed by atoms with van der Waals surface area (Å²) in [5.74, 6) is 0.491. The van der Waals surface area contributed by atoms with Crippen LogP contribution in [-0.2, 0) is 12.3 Å². The molecule has 0 fully saturated rings. The van der Waals surface area contributed by atoms with E-state index in [1.807, 2.05) is 0 Å². The van der Waals surface area contributed by atoms with Crippen molar-refractivity contribution in [2.45, 2.75) is 12.3 Å². The second-order valence-corrected chi connectivity index (χ2v) is 4.21. The van der Waals surface area contributed by atoms with Gasteiger partial charge in [0.2, 0.25) is 0 Å². The lowest BCUT2D eigenvalue weighted by molar-refractivity contribution is 0.612. The Morgan fingerprint density at radius 2 is 1.88 bits per heavy atom.